The number of hydrogen-bond donors (Lipinski definition) is 1. The third-order valence-corrected chi connectivity index (χ3v) is 4.93. The average molecular weight is 240 g/mol. The highest BCUT2D eigenvalue weighted by atomic mass is 16.5. The van der Waals surface area contributed by atoms with Gasteiger partial charge in [0.15, 0.2) is 0 Å². The minimum Gasteiger partial charge on any atom is -0.381 e. The van der Waals surface area contributed by atoms with E-state index in [9.17, 15) is 0 Å². The van der Waals surface area contributed by atoms with Crippen LogP contribution in [-0.4, -0.2) is 62.5 Å². The Bertz CT molecular complexity index is 260. The number of likely N-dealkylation sites (tertiary alicyclic amines) is 1. The lowest BCUT2D eigenvalue weighted by molar-refractivity contribution is -0.206. The summed E-state index contributed by atoms with van der Waals surface area (Å²) in [6, 6.07) is 0.765. The third kappa shape index (κ3) is 1.91. The molecule has 1 spiro atoms. The van der Waals surface area contributed by atoms with E-state index in [-0.39, 0.29) is 0 Å². The Morgan fingerprint density at radius 2 is 1.94 bits per heavy atom. The van der Waals surface area contributed by atoms with Gasteiger partial charge in [-0.2, -0.15) is 0 Å². The molecular weight excluding hydrogens is 216 g/mol. The normalized spacial score (nSPS) is 34.8. The highest BCUT2D eigenvalue weighted by Crippen LogP contribution is 2.43. The molecule has 17 heavy (non-hydrogen) atoms. The Morgan fingerprint density at radius 3 is 2.59 bits per heavy atom. The highest BCUT2D eigenvalue weighted by molar-refractivity contribution is 5.11. The number of ether oxygens (including phenoxy) is 2. The number of methoxy groups -OCH3 is 1. The fourth-order valence-electron chi connectivity index (χ4n) is 3.86. The van der Waals surface area contributed by atoms with Crippen LogP contribution >= 0.6 is 0 Å². The summed E-state index contributed by atoms with van der Waals surface area (Å²) in [5, 5.41) is 3.45. The molecule has 0 radical (unpaired) electrons. The molecule has 1 N–H and O–H groups in total. The summed E-state index contributed by atoms with van der Waals surface area (Å²) >= 11 is 0. The van der Waals surface area contributed by atoms with Crippen LogP contribution in [0, 0.1) is 0 Å². The van der Waals surface area contributed by atoms with Crippen molar-refractivity contribution in [1.29, 1.82) is 0 Å². The SMILES string of the molecule is CO[C@@H]1CN(C2CCNCC2)C12CCOCC2. The van der Waals surface area contributed by atoms with Gasteiger partial charge in [0.1, 0.15) is 0 Å². The molecule has 0 aromatic heterocycles. The van der Waals surface area contributed by atoms with Gasteiger partial charge in [0.25, 0.3) is 0 Å². The smallest absolute Gasteiger partial charge is 0.0883 e. The predicted octanol–water partition coefficient (Wildman–Crippen LogP) is 0.618. The van der Waals surface area contributed by atoms with E-state index in [2.05, 4.69) is 10.2 Å². The monoisotopic (exact) mass is 240 g/mol. The van der Waals surface area contributed by atoms with Crippen molar-refractivity contribution < 1.29 is 9.47 Å². The van der Waals surface area contributed by atoms with E-state index in [4.69, 9.17) is 9.47 Å². The number of rotatable bonds is 2. The van der Waals surface area contributed by atoms with Crippen LogP contribution in [0.5, 0.6) is 0 Å². The Morgan fingerprint density at radius 1 is 1.24 bits per heavy atom. The molecular formula is C13H24N2O2. The molecule has 3 saturated heterocycles. The van der Waals surface area contributed by atoms with E-state index in [0.29, 0.717) is 11.6 Å². The molecule has 4 heteroatoms. The second-order valence-electron chi connectivity index (χ2n) is 5.57. The Labute approximate surface area is 104 Å². The standard InChI is InChI=1S/C13H24N2O2/c1-16-12-10-15(11-2-6-14-7-3-11)13(12)4-8-17-9-5-13/h11-12,14H,2-10H2,1H3/t12-/m1/s1. The van der Waals surface area contributed by atoms with Gasteiger partial charge in [-0.1, -0.05) is 0 Å². The van der Waals surface area contributed by atoms with Crippen molar-refractivity contribution in [2.45, 2.75) is 43.4 Å². The maximum atomic E-state index is 5.69. The van der Waals surface area contributed by atoms with Gasteiger partial charge >= 0.3 is 0 Å². The predicted molar refractivity (Wildman–Crippen MR) is 66.2 cm³/mol. The molecule has 0 aliphatic carbocycles. The summed E-state index contributed by atoms with van der Waals surface area (Å²) in [6.45, 7) is 5.28. The molecule has 98 valence electrons. The number of piperidine rings is 1. The summed E-state index contributed by atoms with van der Waals surface area (Å²) in [5.74, 6) is 0. The van der Waals surface area contributed by atoms with Gasteiger partial charge in [-0.3, -0.25) is 4.90 Å². The lowest BCUT2D eigenvalue weighted by Gasteiger charge is -2.62. The van der Waals surface area contributed by atoms with E-state index >= 15 is 0 Å². The van der Waals surface area contributed by atoms with Crippen LogP contribution in [0.1, 0.15) is 25.7 Å². The summed E-state index contributed by atoms with van der Waals surface area (Å²) < 4.78 is 11.2. The van der Waals surface area contributed by atoms with Gasteiger partial charge in [-0.15, -0.1) is 0 Å². The van der Waals surface area contributed by atoms with Gasteiger partial charge < -0.3 is 14.8 Å². The van der Waals surface area contributed by atoms with Crippen molar-refractivity contribution >= 4 is 0 Å². The maximum absolute atomic E-state index is 5.69. The zero-order valence-corrected chi connectivity index (χ0v) is 10.8. The number of nitrogens with zero attached hydrogens (tertiary/aromatic N) is 1. The van der Waals surface area contributed by atoms with Crippen molar-refractivity contribution in [3.63, 3.8) is 0 Å². The van der Waals surface area contributed by atoms with Crippen molar-refractivity contribution in [3.8, 4) is 0 Å². The highest BCUT2D eigenvalue weighted by Gasteiger charge is 2.56. The summed E-state index contributed by atoms with van der Waals surface area (Å²) in [7, 11) is 1.86. The molecule has 3 aliphatic heterocycles. The van der Waals surface area contributed by atoms with Gasteiger partial charge in [-0.25, -0.2) is 0 Å². The Kier molecular flexibility index (Phi) is 3.39. The van der Waals surface area contributed by atoms with Gasteiger partial charge in [0.2, 0.25) is 0 Å². The molecule has 0 aromatic carbocycles. The van der Waals surface area contributed by atoms with Crippen LogP contribution in [0.15, 0.2) is 0 Å². The minimum atomic E-state index is 0.301. The summed E-state index contributed by atoms with van der Waals surface area (Å²) in [6.07, 6.45) is 5.31. The third-order valence-electron chi connectivity index (χ3n) is 4.93. The molecule has 0 saturated carbocycles. The molecule has 1 atom stereocenters. The molecule has 0 unspecified atom stereocenters. The van der Waals surface area contributed by atoms with E-state index in [1.165, 1.54) is 25.9 Å². The Balaban J connectivity index is 1.71. The first-order chi connectivity index (χ1) is 8.37. The molecule has 3 rings (SSSR count). The molecule has 0 bridgehead atoms. The van der Waals surface area contributed by atoms with Gasteiger partial charge in [0, 0.05) is 32.9 Å². The molecule has 4 nitrogen and oxygen atoms in total. The van der Waals surface area contributed by atoms with Gasteiger partial charge in [0.05, 0.1) is 11.6 Å². The molecule has 0 aromatic rings. The van der Waals surface area contributed by atoms with Crippen LogP contribution < -0.4 is 5.32 Å². The number of nitrogens with one attached hydrogen (secondary N) is 1. The minimum absolute atomic E-state index is 0.301. The topological polar surface area (TPSA) is 33.7 Å². The first-order valence-electron chi connectivity index (χ1n) is 6.95. The van der Waals surface area contributed by atoms with Gasteiger partial charge in [-0.05, 0) is 38.8 Å². The quantitative estimate of drug-likeness (QED) is 0.767. The molecule has 3 aliphatic rings. The van der Waals surface area contributed by atoms with Crippen molar-refractivity contribution in [1.82, 2.24) is 10.2 Å². The van der Waals surface area contributed by atoms with Crippen molar-refractivity contribution in [2.75, 3.05) is 40.0 Å². The van der Waals surface area contributed by atoms with Crippen molar-refractivity contribution in [3.05, 3.63) is 0 Å². The lowest BCUT2D eigenvalue weighted by Crippen LogP contribution is -2.75. The number of hydrogen-bond acceptors (Lipinski definition) is 4. The summed E-state index contributed by atoms with van der Waals surface area (Å²) in [5.41, 5.74) is 0.301. The van der Waals surface area contributed by atoms with E-state index in [1.807, 2.05) is 7.11 Å². The zero-order chi connectivity index (χ0) is 11.7. The molecule has 0 amide bonds. The maximum Gasteiger partial charge on any atom is 0.0883 e. The van der Waals surface area contributed by atoms with E-state index < -0.39 is 0 Å². The molecule has 3 fully saturated rings. The fourth-order valence-corrected chi connectivity index (χ4v) is 3.86. The van der Waals surface area contributed by atoms with Crippen LogP contribution in [0.2, 0.25) is 0 Å². The zero-order valence-electron chi connectivity index (χ0n) is 10.8. The lowest BCUT2D eigenvalue weighted by atomic mass is 9.73. The fraction of sp³-hybridized carbons (Fsp3) is 1.00. The average Bonchev–Trinajstić information content (AvgIpc) is 2.40. The van der Waals surface area contributed by atoms with Crippen LogP contribution in [0.4, 0.5) is 0 Å². The van der Waals surface area contributed by atoms with E-state index in [1.54, 1.807) is 0 Å². The van der Waals surface area contributed by atoms with E-state index in [0.717, 1.165) is 38.6 Å². The van der Waals surface area contributed by atoms with Crippen molar-refractivity contribution in [2.24, 2.45) is 0 Å². The Hall–Kier alpha value is -0.160. The summed E-state index contributed by atoms with van der Waals surface area (Å²) in [4.78, 5) is 2.73. The molecule has 3 heterocycles. The second kappa shape index (κ2) is 4.84. The second-order valence-corrected chi connectivity index (χ2v) is 5.57. The van der Waals surface area contributed by atoms with Crippen LogP contribution in [0.3, 0.4) is 0 Å². The first kappa shape index (κ1) is 11.9. The van der Waals surface area contributed by atoms with Crippen LogP contribution in [-0.2, 0) is 9.47 Å². The van der Waals surface area contributed by atoms with Crippen LogP contribution in [0.25, 0.3) is 0 Å². The first-order valence-corrected chi connectivity index (χ1v) is 6.95. The largest absolute Gasteiger partial charge is 0.381 e.